The Labute approximate surface area is 211 Å². The summed E-state index contributed by atoms with van der Waals surface area (Å²) in [6.07, 6.45) is -1.28. The summed E-state index contributed by atoms with van der Waals surface area (Å²) in [6, 6.07) is -0.0948. The molecule has 9 nitrogen and oxygen atoms in total. The number of alkyl halides is 1. The van der Waals surface area contributed by atoms with Gasteiger partial charge in [0.25, 0.3) is 0 Å². The largest absolute Gasteiger partial charge is 0.598 e. The zero-order chi connectivity index (χ0) is 26.2. The number of fused-ring (bicyclic) bond motifs is 1. The molecule has 1 aromatic carbocycles. The number of hydrogen-bond acceptors (Lipinski definition) is 7. The van der Waals surface area contributed by atoms with Crippen molar-refractivity contribution >= 4 is 29.2 Å². The molecule has 3 aliphatic heterocycles. The standard InChI is InChI=1S/C24H31F2N3O6S/c1-24(2,3)36(33)28-20(15-12-19-13(4-9-35-19)10-17(15)25)18(26)11-16-21(30)27-23(32)29(22(16)31)14-5-7-34-8-6-14/h10,12,14,16,18,20,28H,4-9,11H2,1-3H3,(H,27,30,32)/t16?,18-,20+,36?/m1/s1. The smallest absolute Gasteiger partial charge is 0.331 e. The predicted molar refractivity (Wildman–Crippen MR) is 127 cm³/mol. The van der Waals surface area contributed by atoms with Gasteiger partial charge in [-0.2, -0.15) is 0 Å². The number of nitrogens with zero attached hydrogens (tertiary/aromatic N) is 1. The number of hydrogen-bond donors (Lipinski definition) is 2. The van der Waals surface area contributed by atoms with Crippen LogP contribution in [0.4, 0.5) is 13.6 Å². The third kappa shape index (κ3) is 5.51. The van der Waals surface area contributed by atoms with Gasteiger partial charge in [-0.15, -0.1) is 4.72 Å². The number of urea groups is 1. The Morgan fingerprint density at radius 2 is 1.92 bits per heavy atom. The molecule has 3 heterocycles. The van der Waals surface area contributed by atoms with Crippen molar-refractivity contribution in [2.45, 2.75) is 69.5 Å². The minimum Gasteiger partial charge on any atom is -0.598 e. The molecule has 2 unspecified atom stereocenters. The normalized spacial score (nSPS) is 23.7. The number of amides is 4. The highest BCUT2D eigenvalue weighted by molar-refractivity contribution is 7.90. The van der Waals surface area contributed by atoms with Crippen LogP contribution in [0.2, 0.25) is 0 Å². The minimum absolute atomic E-state index is 0.109. The fourth-order valence-corrected chi connectivity index (χ4v) is 5.42. The van der Waals surface area contributed by atoms with Crippen molar-refractivity contribution in [3.8, 4) is 5.75 Å². The van der Waals surface area contributed by atoms with E-state index < -0.39 is 70.4 Å². The first-order chi connectivity index (χ1) is 17.0. The monoisotopic (exact) mass is 527 g/mol. The van der Waals surface area contributed by atoms with Gasteiger partial charge in [-0.25, -0.2) is 13.6 Å². The fourth-order valence-electron chi connectivity index (χ4n) is 4.56. The Hall–Kier alpha value is -2.28. The minimum atomic E-state index is -1.99. The number of barbiturate groups is 1. The Bertz CT molecular complexity index is 1030. The van der Waals surface area contributed by atoms with Crippen LogP contribution in [0.15, 0.2) is 12.1 Å². The van der Waals surface area contributed by atoms with Gasteiger partial charge in [0, 0.05) is 54.6 Å². The maximum absolute atomic E-state index is 16.0. The summed E-state index contributed by atoms with van der Waals surface area (Å²) < 4.78 is 56.6. The Balaban J connectivity index is 1.61. The lowest BCUT2D eigenvalue weighted by Crippen LogP contribution is -2.62. The van der Waals surface area contributed by atoms with Crippen molar-refractivity contribution < 1.29 is 37.2 Å². The lowest BCUT2D eigenvalue weighted by atomic mass is 9.90. The zero-order valence-corrected chi connectivity index (χ0v) is 21.3. The SMILES string of the molecule is CC(C)(C)[S+]([O-])N[C@@H](c1cc2c(cc1F)CCO2)[C@H](F)CC1C(=O)NC(=O)N(C2CCOCC2)C1=O. The van der Waals surface area contributed by atoms with Gasteiger partial charge in [-0.3, -0.25) is 19.8 Å². The van der Waals surface area contributed by atoms with Crippen molar-refractivity contribution in [3.63, 3.8) is 0 Å². The molecule has 3 aliphatic rings. The molecule has 198 valence electrons. The highest BCUT2D eigenvalue weighted by Gasteiger charge is 2.46. The van der Waals surface area contributed by atoms with Crippen LogP contribution in [0.3, 0.4) is 0 Å². The third-order valence-electron chi connectivity index (χ3n) is 6.61. The van der Waals surface area contributed by atoms with E-state index in [1.807, 2.05) is 0 Å². The Kier molecular flexibility index (Phi) is 7.89. The van der Waals surface area contributed by atoms with Crippen LogP contribution < -0.4 is 14.8 Å². The van der Waals surface area contributed by atoms with Gasteiger partial charge in [0.05, 0.1) is 6.61 Å². The number of rotatable bonds is 7. The van der Waals surface area contributed by atoms with Gasteiger partial charge in [-0.05, 0) is 45.7 Å². The molecule has 2 N–H and O–H groups in total. The molecule has 1 aromatic rings. The molecule has 12 heteroatoms. The molecule has 0 aromatic heterocycles. The molecule has 4 rings (SSSR count). The summed E-state index contributed by atoms with van der Waals surface area (Å²) in [7, 11) is 0. The predicted octanol–water partition coefficient (Wildman–Crippen LogP) is 2.46. The van der Waals surface area contributed by atoms with Crippen molar-refractivity contribution in [1.82, 2.24) is 14.9 Å². The summed E-state index contributed by atoms with van der Waals surface area (Å²) in [4.78, 5) is 39.2. The average Bonchev–Trinajstić information content (AvgIpc) is 3.26. The van der Waals surface area contributed by atoms with Gasteiger partial charge in [0.15, 0.2) is 0 Å². The van der Waals surface area contributed by atoms with E-state index in [1.165, 1.54) is 12.1 Å². The second-order valence-corrected chi connectivity index (χ2v) is 12.2. The first-order valence-electron chi connectivity index (χ1n) is 12.0. The van der Waals surface area contributed by atoms with Crippen molar-refractivity contribution in [1.29, 1.82) is 0 Å². The molecule has 0 aliphatic carbocycles. The van der Waals surface area contributed by atoms with Crippen LogP contribution in [0.5, 0.6) is 5.75 Å². The second-order valence-electron chi connectivity index (χ2n) is 10.2. The summed E-state index contributed by atoms with van der Waals surface area (Å²) in [5, 5.41) is 2.15. The maximum Gasteiger partial charge on any atom is 0.331 e. The van der Waals surface area contributed by atoms with Crippen molar-refractivity contribution in [2.75, 3.05) is 19.8 Å². The van der Waals surface area contributed by atoms with E-state index in [0.717, 1.165) is 4.90 Å². The molecule has 0 spiro atoms. The summed E-state index contributed by atoms with van der Waals surface area (Å²) in [6.45, 7) is 6.12. The quantitative estimate of drug-likeness (QED) is 0.413. The molecule has 0 bridgehead atoms. The number of benzene rings is 1. The Morgan fingerprint density at radius 3 is 2.58 bits per heavy atom. The molecule has 0 saturated carbocycles. The first kappa shape index (κ1) is 26.8. The molecule has 2 fully saturated rings. The van der Waals surface area contributed by atoms with Crippen molar-refractivity contribution in [3.05, 3.63) is 29.1 Å². The van der Waals surface area contributed by atoms with E-state index >= 15 is 8.78 Å². The number of nitrogens with one attached hydrogen (secondary N) is 2. The van der Waals surface area contributed by atoms with Crippen LogP contribution >= 0.6 is 0 Å². The van der Waals surface area contributed by atoms with Crippen LogP contribution in [0.1, 0.15) is 57.2 Å². The number of halogens is 2. The van der Waals surface area contributed by atoms with E-state index in [4.69, 9.17) is 9.47 Å². The molecule has 36 heavy (non-hydrogen) atoms. The highest BCUT2D eigenvalue weighted by atomic mass is 32.2. The fraction of sp³-hybridized carbons (Fsp3) is 0.625. The number of ether oxygens (including phenoxy) is 2. The average molecular weight is 528 g/mol. The van der Waals surface area contributed by atoms with E-state index in [-0.39, 0.29) is 5.56 Å². The van der Waals surface area contributed by atoms with E-state index in [2.05, 4.69) is 10.0 Å². The lowest BCUT2D eigenvalue weighted by molar-refractivity contribution is -0.146. The zero-order valence-electron chi connectivity index (χ0n) is 20.5. The van der Waals surface area contributed by atoms with Crippen molar-refractivity contribution in [2.24, 2.45) is 5.92 Å². The first-order valence-corrected chi connectivity index (χ1v) is 13.1. The van der Waals surface area contributed by atoms with Crippen LogP contribution in [0.25, 0.3) is 0 Å². The highest BCUT2D eigenvalue weighted by Crippen LogP contribution is 2.36. The van der Waals surface area contributed by atoms with Gasteiger partial charge in [0.2, 0.25) is 11.8 Å². The summed E-state index contributed by atoms with van der Waals surface area (Å²) in [5.41, 5.74) is 0.539. The molecule has 0 radical (unpaired) electrons. The molecule has 4 atom stereocenters. The molecular weight excluding hydrogens is 496 g/mol. The number of carbonyl (C=O) groups is 3. The lowest BCUT2D eigenvalue weighted by Gasteiger charge is -2.38. The van der Waals surface area contributed by atoms with E-state index in [0.29, 0.717) is 50.4 Å². The third-order valence-corrected chi connectivity index (χ3v) is 8.19. The van der Waals surface area contributed by atoms with Gasteiger partial charge >= 0.3 is 6.03 Å². The van der Waals surface area contributed by atoms with Crippen LogP contribution in [-0.2, 0) is 32.1 Å². The van der Waals surface area contributed by atoms with Gasteiger partial charge in [0.1, 0.15) is 34.4 Å². The van der Waals surface area contributed by atoms with E-state index in [1.54, 1.807) is 20.8 Å². The van der Waals surface area contributed by atoms with Crippen LogP contribution in [0, 0.1) is 11.7 Å². The topological polar surface area (TPSA) is 120 Å². The second kappa shape index (κ2) is 10.6. The summed E-state index contributed by atoms with van der Waals surface area (Å²) >= 11 is -1.80. The number of carbonyl (C=O) groups excluding carboxylic acids is 3. The molecular formula is C24H31F2N3O6S. The molecule has 2 saturated heterocycles. The maximum atomic E-state index is 16.0. The number of imide groups is 2. The Morgan fingerprint density at radius 1 is 1.22 bits per heavy atom. The van der Waals surface area contributed by atoms with Crippen LogP contribution in [-0.4, -0.2) is 64.1 Å². The van der Waals surface area contributed by atoms with Gasteiger partial charge in [-0.1, -0.05) is 0 Å². The molecule has 4 amide bonds. The van der Waals surface area contributed by atoms with E-state index in [9.17, 15) is 18.9 Å². The summed E-state index contributed by atoms with van der Waals surface area (Å²) in [5.74, 6) is -3.50. The van der Waals surface area contributed by atoms with Gasteiger partial charge < -0.3 is 14.0 Å².